The first-order valence-corrected chi connectivity index (χ1v) is 35.4. The van der Waals surface area contributed by atoms with Crippen LogP contribution in [0.15, 0.2) is 164 Å². The first-order chi connectivity index (χ1) is 53.8. The summed E-state index contributed by atoms with van der Waals surface area (Å²) in [7, 11) is 9.49. The van der Waals surface area contributed by atoms with Crippen LogP contribution in [0.5, 0.6) is 17.2 Å². The van der Waals surface area contributed by atoms with E-state index in [0.29, 0.717) is 89.0 Å². The molecule has 9 aromatic rings. The van der Waals surface area contributed by atoms with E-state index >= 15 is 0 Å². The van der Waals surface area contributed by atoms with Crippen molar-refractivity contribution < 1.29 is 92.0 Å². The Hall–Kier alpha value is -11.8. The second kappa shape index (κ2) is 42.2. The lowest BCUT2D eigenvalue weighted by Crippen LogP contribution is -2.37. The van der Waals surface area contributed by atoms with Gasteiger partial charge in [0, 0.05) is 114 Å². The number of hydrogen-bond acceptors (Lipinski definition) is 18. The average Bonchev–Trinajstić information content (AvgIpc) is 1.66. The molecule has 0 atom stereocenters. The standard InChI is InChI=1S/C28H34F3N5O4.C23H26F3N5O2.C20H19F3N4O2.C8H15NO3/c1-27(2,3)40-26(38)35(4)14-13-32-17-19-9-8-11-21(15-19)36-22(16-24(34-36)28(29,30)31)25(37)33-18-20-10-6-7-12-23(20)39-5;1-27-10-11-28-14-16-6-5-8-18(12-16)31-19(13-21(30-31)23(24,25)26)22(32)29-15-17-7-3-4-9-20(17)33-2;1-29-17-8-3-2-6-14(17)12-25-19(28)16-10-18(20(21,22)23)26-27(16)15-7-4-5-13(9-15)11-24;1-8(2,3)12-7(11)9(4)5-6-10/h6-12,15-16,32H,13-14,17-18H2,1-5H3,(H,33,37);3-9,12-13,27-28H,10-11,14-15H2,1-2H3,(H,29,32);2-10H,11-12,24H2,1H3,(H,25,28);6H,5H2,1-4H3. The van der Waals surface area contributed by atoms with Gasteiger partial charge in [-0.2, -0.15) is 54.8 Å². The molecule has 0 spiro atoms. The number of carbonyl (C=O) groups is 6. The highest BCUT2D eigenvalue weighted by Crippen LogP contribution is 2.34. The summed E-state index contributed by atoms with van der Waals surface area (Å²) in [6.07, 6.45) is -14.4. The minimum atomic E-state index is -4.73. The molecule has 614 valence electrons. The number of amides is 5. The Labute approximate surface area is 653 Å². The number of alkyl halides is 9. The van der Waals surface area contributed by atoms with E-state index in [4.69, 9.17) is 29.4 Å². The number of halogens is 9. The van der Waals surface area contributed by atoms with Gasteiger partial charge in [-0.3, -0.25) is 14.4 Å². The molecule has 0 saturated carbocycles. The summed E-state index contributed by atoms with van der Waals surface area (Å²) in [6, 6.07) is 43.4. The van der Waals surface area contributed by atoms with Crippen molar-refractivity contribution in [2.24, 2.45) is 5.73 Å². The first kappa shape index (κ1) is 91.1. The number of aldehydes is 1. The first-order valence-electron chi connectivity index (χ1n) is 35.4. The van der Waals surface area contributed by atoms with Crippen LogP contribution < -0.4 is 51.8 Å². The molecule has 0 aliphatic heterocycles. The molecule has 0 aliphatic rings. The van der Waals surface area contributed by atoms with Crippen molar-refractivity contribution in [1.29, 1.82) is 0 Å². The Morgan fingerprint density at radius 2 is 0.763 bits per heavy atom. The van der Waals surface area contributed by atoms with Gasteiger partial charge in [-0.1, -0.05) is 91.0 Å². The molecule has 0 unspecified atom stereocenters. The van der Waals surface area contributed by atoms with Crippen molar-refractivity contribution >= 4 is 36.2 Å². The maximum absolute atomic E-state index is 13.5. The molecule has 3 aromatic heterocycles. The molecule has 26 nitrogen and oxygen atoms in total. The highest BCUT2D eigenvalue weighted by atomic mass is 19.4. The third kappa shape index (κ3) is 28.4. The van der Waals surface area contributed by atoms with Crippen LogP contribution in [-0.4, -0.2) is 162 Å². The predicted molar refractivity (Wildman–Crippen MR) is 407 cm³/mol. The summed E-state index contributed by atoms with van der Waals surface area (Å²) < 4.78 is 149. The zero-order valence-electron chi connectivity index (χ0n) is 65.0. The number of methoxy groups -OCH3 is 3. The van der Waals surface area contributed by atoms with Gasteiger partial charge >= 0.3 is 30.7 Å². The Balaban J connectivity index is 0.000000250. The van der Waals surface area contributed by atoms with Crippen LogP contribution in [0.3, 0.4) is 0 Å². The van der Waals surface area contributed by atoms with Crippen LogP contribution in [0.4, 0.5) is 49.1 Å². The number of benzene rings is 6. The predicted octanol–water partition coefficient (Wildman–Crippen LogP) is 12.3. The lowest BCUT2D eigenvalue weighted by molar-refractivity contribution is -0.142. The summed E-state index contributed by atoms with van der Waals surface area (Å²) in [4.78, 5) is 74.5. The number of likely N-dealkylation sites (N-methyl/N-ethyl adjacent to an activating group) is 3. The zero-order valence-corrected chi connectivity index (χ0v) is 65.0. The van der Waals surface area contributed by atoms with E-state index < -0.39 is 76.7 Å². The number of ether oxygens (including phenoxy) is 5. The third-order valence-electron chi connectivity index (χ3n) is 15.9. The Kier molecular flexibility index (Phi) is 33.7. The van der Waals surface area contributed by atoms with Gasteiger partial charge in [-0.15, -0.1) is 0 Å². The second-order valence-electron chi connectivity index (χ2n) is 27.1. The Bertz CT molecular complexity index is 4650. The number of rotatable bonds is 28. The monoisotopic (exact) mass is 1600 g/mol. The summed E-state index contributed by atoms with van der Waals surface area (Å²) in [5.74, 6) is -0.417. The van der Waals surface area contributed by atoms with Crippen molar-refractivity contribution in [1.82, 2.24) is 71.0 Å². The average molecular weight is 1600 g/mol. The molecular weight excluding hydrogens is 1510 g/mol. The number of carbonyl (C=O) groups excluding carboxylic acids is 6. The van der Waals surface area contributed by atoms with Crippen LogP contribution in [0, 0.1) is 0 Å². The number of nitrogens with zero attached hydrogens (tertiary/aromatic N) is 8. The molecule has 8 N–H and O–H groups in total. The van der Waals surface area contributed by atoms with Crippen molar-refractivity contribution in [2.45, 2.75) is 111 Å². The molecule has 0 radical (unpaired) electrons. The quantitative estimate of drug-likeness (QED) is 0.0136. The lowest BCUT2D eigenvalue weighted by Gasteiger charge is -2.24. The molecule has 6 aromatic carbocycles. The topological polar surface area (TPSA) is 307 Å². The molecule has 0 saturated heterocycles. The van der Waals surface area contributed by atoms with Crippen molar-refractivity contribution in [2.75, 3.05) is 75.2 Å². The SMILES string of the molecule is CN(CC=O)C(=O)OC(C)(C)C.CNCCNCc1cccc(-n2nc(C(F)(F)F)cc2C(=O)NCc2ccccc2OC)c1.COc1ccccc1CNC(=O)c1cc(C(F)(F)F)nn1-c1cccc(CN)c1.COc1ccccc1CNC(=O)c1cc(C(F)(F)F)nn1-c1cccc(CNCCN(C)C(=O)OC(C)(C)C)c1. The van der Waals surface area contributed by atoms with Gasteiger partial charge in [0.25, 0.3) is 17.7 Å². The third-order valence-corrected chi connectivity index (χ3v) is 15.9. The Morgan fingerprint density at radius 1 is 0.439 bits per heavy atom. The minimum Gasteiger partial charge on any atom is -0.496 e. The highest BCUT2D eigenvalue weighted by Gasteiger charge is 2.39. The maximum atomic E-state index is 13.5. The molecule has 3 heterocycles. The zero-order chi connectivity index (χ0) is 84.1. The molecule has 0 aliphatic carbocycles. The van der Waals surface area contributed by atoms with E-state index in [0.717, 1.165) is 56.5 Å². The normalized spacial score (nSPS) is 11.4. The van der Waals surface area contributed by atoms with E-state index in [1.54, 1.807) is 188 Å². The van der Waals surface area contributed by atoms with Gasteiger partial charge < -0.3 is 75.9 Å². The number of para-hydroxylation sites is 3. The second-order valence-corrected chi connectivity index (χ2v) is 27.1. The summed E-state index contributed by atoms with van der Waals surface area (Å²) >= 11 is 0. The van der Waals surface area contributed by atoms with Crippen LogP contribution in [0.25, 0.3) is 17.1 Å². The fourth-order valence-corrected chi connectivity index (χ4v) is 10.3. The van der Waals surface area contributed by atoms with Gasteiger partial charge in [0.05, 0.1) is 44.9 Å². The maximum Gasteiger partial charge on any atom is 0.435 e. The fraction of sp³-hybridized carbons (Fsp3) is 0.354. The van der Waals surface area contributed by atoms with Crippen LogP contribution in [-0.2, 0) is 72.1 Å². The number of aromatic nitrogens is 6. The summed E-state index contributed by atoms with van der Waals surface area (Å²) in [6.45, 7) is 14.4. The van der Waals surface area contributed by atoms with Gasteiger partial charge in [-0.05, 0) is 120 Å². The van der Waals surface area contributed by atoms with Gasteiger partial charge in [-0.25, -0.2) is 23.6 Å². The number of hydrogen-bond donors (Lipinski definition) is 7. The number of nitrogens with two attached hydrogens (primary N) is 1. The highest BCUT2D eigenvalue weighted by molar-refractivity contribution is 5.94. The largest absolute Gasteiger partial charge is 0.496 e. The molecule has 0 bridgehead atoms. The minimum absolute atomic E-state index is 0.0527. The van der Waals surface area contributed by atoms with E-state index in [2.05, 4.69) is 47.2 Å². The molecular formula is C79H94F9N15O11. The fourth-order valence-electron chi connectivity index (χ4n) is 10.3. The molecule has 5 amide bonds. The van der Waals surface area contributed by atoms with Gasteiger partial charge in [0.2, 0.25) is 0 Å². The van der Waals surface area contributed by atoms with Gasteiger partial charge in [0.15, 0.2) is 17.1 Å². The van der Waals surface area contributed by atoms with Crippen LogP contribution in [0.2, 0.25) is 0 Å². The van der Waals surface area contributed by atoms with Gasteiger partial charge in [0.1, 0.15) is 51.8 Å². The van der Waals surface area contributed by atoms with Crippen LogP contribution >= 0.6 is 0 Å². The van der Waals surface area contributed by atoms with Crippen molar-refractivity contribution in [3.05, 3.63) is 231 Å². The smallest absolute Gasteiger partial charge is 0.435 e. The van der Waals surface area contributed by atoms with E-state index in [1.807, 2.05) is 13.1 Å². The molecule has 0 fully saturated rings. The van der Waals surface area contributed by atoms with Crippen LogP contribution in [0.1, 0.15) is 123 Å². The summed E-state index contributed by atoms with van der Waals surface area (Å²) in [5, 5.41) is 28.4. The lowest BCUT2D eigenvalue weighted by atomic mass is 10.2. The van der Waals surface area contributed by atoms with Crippen molar-refractivity contribution in [3.63, 3.8) is 0 Å². The number of nitrogens with one attached hydrogen (secondary N) is 6. The van der Waals surface area contributed by atoms with E-state index in [1.165, 1.54) is 38.2 Å². The molecule has 35 heteroatoms. The summed E-state index contributed by atoms with van der Waals surface area (Å²) in [5.41, 5.74) is 5.67. The Morgan fingerprint density at radius 3 is 1.08 bits per heavy atom. The van der Waals surface area contributed by atoms with E-state index in [9.17, 15) is 68.3 Å². The molecule has 114 heavy (non-hydrogen) atoms. The van der Waals surface area contributed by atoms with E-state index in [-0.39, 0.29) is 49.8 Å². The van der Waals surface area contributed by atoms with Crippen molar-refractivity contribution in [3.8, 4) is 34.3 Å². The molecule has 9 rings (SSSR count).